The molecule has 0 saturated heterocycles. The van der Waals surface area contributed by atoms with Crippen molar-refractivity contribution in [3.8, 4) is 5.75 Å². The highest BCUT2D eigenvalue weighted by Crippen LogP contribution is 2.16. The van der Waals surface area contributed by atoms with Crippen LogP contribution in [0.2, 0.25) is 5.02 Å². The van der Waals surface area contributed by atoms with Gasteiger partial charge in [-0.25, -0.2) is 4.99 Å². The molecule has 2 aromatic rings. The molecule has 1 heterocycles. The number of guanidine groups is 1. The minimum Gasteiger partial charge on any atom is -0.491 e. The maximum Gasteiger partial charge on any atom is 0.193 e. The average molecular weight is 319 g/mol. The van der Waals surface area contributed by atoms with Crippen molar-refractivity contribution >= 4 is 23.2 Å². The lowest BCUT2D eigenvalue weighted by Gasteiger charge is -2.10. The van der Waals surface area contributed by atoms with Crippen molar-refractivity contribution in [1.29, 1.82) is 0 Å². The quantitative estimate of drug-likeness (QED) is 0.654. The summed E-state index contributed by atoms with van der Waals surface area (Å²) in [6.07, 6.45) is 1.74. The van der Waals surface area contributed by atoms with E-state index in [1.807, 2.05) is 44.2 Å². The number of pyridine rings is 1. The number of rotatable bonds is 5. The number of hydrogen-bond acceptors (Lipinski definition) is 3. The molecule has 0 unspecified atom stereocenters. The second-order valence-electron chi connectivity index (χ2n) is 4.99. The van der Waals surface area contributed by atoms with Gasteiger partial charge in [-0.2, -0.15) is 0 Å². The number of nitrogens with zero attached hydrogens (tertiary/aromatic N) is 2. The first kappa shape index (κ1) is 16.1. The Morgan fingerprint density at radius 3 is 2.59 bits per heavy atom. The Balaban J connectivity index is 1.91. The molecule has 1 aromatic carbocycles. The molecule has 0 radical (unpaired) electrons. The zero-order valence-corrected chi connectivity index (χ0v) is 13.3. The topological polar surface area (TPSA) is 72.5 Å². The van der Waals surface area contributed by atoms with Gasteiger partial charge in [0.15, 0.2) is 5.96 Å². The Labute approximate surface area is 135 Å². The van der Waals surface area contributed by atoms with Crippen LogP contribution >= 0.6 is 11.6 Å². The summed E-state index contributed by atoms with van der Waals surface area (Å²) in [5.74, 6) is 1.15. The molecule has 3 N–H and O–H groups in total. The molecular formula is C16H19ClN4O. The maximum absolute atomic E-state index is 5.86. The zero-order valence-electron chi connectivity index (χ0n) is 12.6. The van der Waals surface area contributed by atoms with E-state index in [2.05, 4.69) is 15.3 Å². The number of hydrogen-bond donors (Lipinski definition) is 2. The first-order chi connectivity index (χ1) is 10.5. The summed E-state index contributed by atoms with van der Waals surface area (Å²) in [5.41, 5.74) is 7.51. The fraction of sp³-hybridized carbons (Fsp3) is 0.250. The molecule has 0 bridgehead atoms. The van der Waals surface area contributed by atoms with Gasteiger partial charge in [-0.05, 0) is 50.2 Å². The third-order valence-corrected chi connectivity index (χ3v) is 2.92. The number of nitrogens with two attached hydrogens (primary N) is 1. The molecule has 116 valence electrons. The summed E-state index contributed by atoms with van der Waals surface area (Å²) in [6, 6.07) is 11.1. The second-order valence-corrected chi connectivity index (χ2v) is 5.42. The van der Waals surface area contributed by atoms with Crippen LogP contribution in [0.5, 0.6) is 5.75 Å². The molecule has 0 aliphatic carbocycles. The molecule has 0 atom stereocenters. The Morgan fingerprint density at radius 1 is 1.27 bits per heavy atom. The van der Waals surface area contributed by atoms with Gasteiger partial charge in [0.2, 0.25) is 0 Å². The molecule has 2 rings (SSSR count). The minimum atomic E-state index is 0.150. The van der Waals surface area contributed by atoms with Crippen LogP contribution in [0.3, 0.4) is 0 Å². The van der Waals surface area contributed by atoms with E-state index >= 15 is 0 Å². The van der Waals surface area contributed by atoms with Crippen LogP contribution in [-0.4, -0.2) is 17.0 Å². The Hall–Kier alpha value is -2.27. The van der Waals surface area contributed by atoms with E-state index in [9.17, 15) is 0 Å². The lowest BCUT2D eigenvalue weighted by molar-refractivity contribution is 0.242. The van der Waals surface area contributed by atoms with Gasteiger partial charge >= 0.3 is 0 Å². The summed E-state index contributed by atoms with van der Waals surface area (Å²) in [6.45, 7) is 4.37. The van der Waals surface area contributed by atoms with Crippen LogP contribution < -0.4 is 15.8 Å². The first-order valence-corrected chi connectivity index (χ1v) is 7.35. The van der Waals surface area contributed by atoms with Crippen LogP contribution in [-0.2, 0) is 6.54 Å². The van der Waals surface area contributed by atoms with Gasteiger partial charge < -0.3 is 15.8 Å². The van der Waals surface area contributed by atoms with Crippen molar-refractivity contribution in [3.63, 3.8) is 0 Å². The number of nitrogens with one attached hydrogen (secondary N) is 1. The number of anilines is 1. The lowest BCUT2D eigenvalue weighted by Crippen LogP contribution is -2.22. The predicted octanol–water partition coefficient (Wildman–Crippen LogP) is 3.45. The number of benzene rings is 1. The molecule has 5 nitrogen and oxygen atoms in total. The van der Waals surface area contributed by atoms with Crippen molar-refractivity contribution < 1.29 is 4.74 Å². The Morgan fingerprint density at radius 2 is 2.00 bits per heavy atom. The monoisotopic (exact) mass is 318 g/mol. The van der Waals surface area contributed by atoms with Crippen molar-refractivity contribution in [1.82, 2.24) is 4.98 Å². The third-order valence-electron chi connectivity index (χ3n) is 2.70. The van der Waals surface area contributed by atoms with Crippen LogP contribution in [0.25, 0.3) is 0 Å². The van der Waals surface area contributed by atoms with Gasteiger partial charge in [-0.3, -0.25) is 4.98 Å². The molecule has 0 spiro atoms. The molecular weight excluding hydrogens is 300 g/mol. The summed E-state index contributed by atoms with van der Waals surface area (Å²) >= 11 is 5.78. The van der Waals surface area contributed by atoms with E-state index in [4.69, 9.17) is 22.1 Å². The normalized spacial score (nSPS) is 11.5. The lowest BCUT2D eigenvalue weighted by atomic mass is 10.3. The second kappa shape index (κ2) is 7.66. The van der Waals surface area contributed by atoms with Gasteiger partial charge in [0, 0.05) is 11.9 Å². The molecule has 0 aliphatic rings. The van der Waals surface area contributed by atoms with Crippen LogP contribution in [0, 0.1) is 0 Å². The average Bonchev–Trinajstić information content (AvgIpc) is 2.48. The molecule has 6 heteroatoms. The number of aromatic nitrogens is 1. The van der Waals surface area contributed by atoms with Crippen molar-refractivity contribution in [2.75, 3.05) is 5.32 Å². The Bertz CT molecular complexity index is 624. The van der Waals surface area contributed by atoms with Gasteiger partial charge in [0.05, 0.1) is 23.4 Å². The van der Waals surface area contributed by atoms with Crippen molar-refractivity contribution in [2.24, 2.45) is 10.7 Å². The summed E-state index contributed by atoms with van der Waals surface area (Å²) in [4.78, 5) is 8.39. The van der Waals surface area contributed by atoms with Gasteiger partial charge in [-0.1, -0.05) is 11.6 Å². The molecule has 0 saturated carbocycles. The van der Waals surface area contributed by atoms with Crippen LogP contribution in [0.1, 0.15) is 19.5 Å². The fourth-order valence-electron chi connectivity index (χ4n) is 1.74. The van der Waals surface area contributed by atoms with E-state index in [0.717, 1.165) is 17.1 Å². The third kappa shape index (κ3) is 5.26. The zero-order chi connectivity index (χ0) is 15.9. The summed E-state index contributed by atoms with van der Waals surface area (Å²) in [5, 5.41) is 3.62. The fourth-order valence-corrected chi connectivity index (χ4v) is 1.85. The molecule has 1 aromatic heterocycles. The largest absolute Gasteiger partial charge is 0.491 e. The van der Waals surface area contributed by atoms with E-state index in [0.29, 0.717) is 17.5 Å². The molecule has 0 fully saturated rings. The number of halogens is 1. The highest BCUT2D eigenvalue weighted by Gasteiger charge is 2.00. The van der Waals surface area contributed by atoms with Crippen molar-refractivity contribution in [3.05, 3.63) is 53.3 Å². The van der Waals surface area contributed by atoms with E-state index in [1.54, 1.807) is 12.3 Å². The summed E-state index contributed by atoms with van der Waals surface area (Å²) < 4.78 is 5.58. The predicted molar refractivity (Wildman–Crippen MR) is 90.4 cm³/mol. The van der Waals surface area contributed by atoms with Crippen LogP contribution in [0.4, 0.5) is 5.69 Å². The van der Waals surface area contributed by atoms with Gasteiger partial charge in [0.25, 0.3) is 0 Å². The highest BCUT2D eigenvalue weighted by atomic mass is 35.5. The SMILES string of the molecule is CC(C)Oc1ccc(NC(N)=NCc2ccc(Cl)cn2)cc1. The Kier molecular flexibility index (Phi) is 5.61. The van der Waals surface area contributed by atoms with Gasteiger partial charge in [-0.15, -0.1) is 0 Å². The summed E-state index contributed by atoms with van der Waals surface area (Å²) in [7, 11) is 0. The molecule has 0 amide bonds. The van der Waals surface area contributed by atoms with Gasteiger partial charge in [0.1, 0.15) is 5.75 Å². The maximum atomic E-state index is 5.86. The van der Waals surface area contributed by atoms with E-state index in [-0.39, 0.29) is 6.10 Å². The molecule has 22 heavy (non-hydrogen) atoms. The van der Waals surface area contributed by atoms with E-state index in [1.165, 1.54) is 0 Å². The van der Waals surface area contributed by atoms with Crippen molar-refractivity contribution in [2.45, 2.75) is 26.5 Å². The standard InChI is InChI=1S/C16H19ClN4O/c1-11(2)22-15-7-5-13(6-8-15)21-16(18)20-10-14-4-3-12(17)9-19-14/h3-9,11H,10H2,1-2H3,(H3,18,20,21). The molecule has 0 aliphatic heterocycles. The number of aliphatic imine (C=N–C) groups is 1. The number of ether oxygens (including phenoxy) is 1. The van der Waals surface area contributed by atoms with E-state index < -0.39 is 0 Å². The smallest absolute Gasteiger partial charge is 0.193 e. The highest BCUT2D eigenvalue weighted by molar-refractivity contribution is 6.30. The minimum absolute atomic E-state index is 0.150. The first-order valence-electron chi connectivity index (χ1n) is 6.97. The van der Waals surface area contributed by atoms with Crippen LogP contribution in [0.15, 0.2) is 47.6 Å².